The monoisotopic (exact) mass is 395 g/mol. The van der Waals surface area contributed by atoms with E-state index in [1.165, 1.54) is 0 Å². The van der Waals surface area contributed by atoms with Crippen LogP contribution in [0.15, 0.2) is 42.5 Å². The van der Waals surface area contributed by atoms with Crippen molar-refractivity contribution < 1.29 is 9.53 Å². The highest BCUT2D eigenvalue weighted by atomic mass is 16.6. The van der Waals surface area contributed by atoms with Crippen LogP contribution in [0.2, 0.25) is 0 Å². The number of ether oxygens (including phenoxy) is 1. The van der Waals surface area contributed by atoms with Crippen LogP contribution in [0.3, 0.4) is 0 Å². The Labute approximate surface area is 171 Å². The maximum atomic E-state index is 12.0. The third-order valence-electron chi connectivity index (χ3n) is 4.49. The molecule has 0 aliphatic heterocycles. The van der Waals surface area contributed by atoms with E-state index in [-0.39, 0.29) is 6.09 Å². The van der Waals surface area contributed by atoms with Gasteiger partial charge in [0.2, 0.25) is 0 Å². The van der Waals surface area contributed by atoms with E-state index in [9.17, 15) is 4.79 Å². The van der Waals surface area contributed by atoms with Crippen LogP contribution >= 0.6 is 0 Å². The van der Waals surface area contributed by atoms with E-state index in [1.54, 1.807) is 11.9 Å². The molecule has 1 amide bonds. The lowest BCUT2D eigenvalue weighted by Crippen LogP contribution is -2.35. The second kappa shape index (κ2) is 8.43. The number of H-pyrrole nitrogens is 1. The van der Waals surface area contributed by atoms with Gasteiger partial charge >= 0.3 is 6.09 Å². The Morgan fingerprint density at radius 2 is 1.97 bits per heavy atom. The van der Waals surface area contributed by atoms with Crippen molar-refractivity contribution in [1.29, 1.82) is 0 Å². The standard InChI is InChI=1S/C22H29N5O2/c1-22(2,3)29-21(28)27(4)12-6-11-24-17-8-5-7-15(13-17)16-9-10-19-18(14-16)20(23)26-25-19/h5,7-10,13-14,24H,6,11-12H2,1-4H3,(H3,23,25,26). The molecule has 154 valence electrons. The molecule has 3 rings (SSSR count). The van der Waals surface area contributed by atoms with Crippen LogP contribution in [0, 0.1) is 0 Å². The fraction of sp³-hybridized carbons (Fsp3) is 0.364. The summed E-state index contributed by atoms with van der Waals surface area (Å²) in [5, 5.41) is 11.3. The summed E-state index contributed by atoms with van der Waals surface area (Å²) < 4.78 is 5.36. The molecular weight excluding hydrogens is 366 g/mol. The minimum Gasteiger partial charge on any atom is -0.444 e. The van der Waals surface area contributed by atoms with Gasteiger partial charge in [0, 0.05) is 31.2 Å². The molecule has 7 nitrogen and oxygen atoms in total. The smallest absolute Gasteiger partial charge is 0.410 e. The van der Waals surface area contributed by atoms with Crippen LogP contribution in [-0.4, -0.2) is 46.9 Å². The van der Waals surface area contributed by atoms with Crippen molar-refractivity contribution in [2.24, 2.45) is 0 Å². The molecule has 7 heteroatoms. The van der Waals surface area contributed by atoms with Gasteiger partial charge in [-0.05, 0) is 62.6 Å². The second-order valence-corrected chi connectivity index (χ2v) is 8.13. The van der Waals surface area contributed by atoms with Gasteiger partial charge in [-0.1, -0.05) is 18.2 Å². The van der Waals surface area contributed by atoms with Crippen molar-refractivity contribution in [3.8, 4) is 11.1 Å². The molecule has 1 aromatic heterocycles. The Kier molecular flexibility index (Phi) is 5.96. The first kappa shape index (κ1) is 20.5. The van der Waals surface area contributed by atoms with Gasteiger partial charge in [-0.15, -0.1) is 0 Å². The zero-order valence-corrected chi connectivity index (χ0v) is 17.5. The van der Waals surface area contributed by atoms with Crippen molar-refractivity contribution in [1.82, 2.24) is 15.1 Å². The SMILES string of the molecule is CN(CCCNc1cccc(-c2ccc3[nH]nc(N)c3c2)c1)C(=O)OC(C)(C)C. The first-order chi connectivity index (χ1) is 13.7. The molecule has 0 aliphatic carbocycles. The third-order valence-corrected chi connectivity index (χ3v) is 4.49. The summed E-state index contributed by atoms with van der Waals surface area (Å²) in [6.45, 7) is 6.98. The zero-order chi connectivity index (χ0) is 21.0. The van der Waals surface area contributed by atoms with Crippen LogP contribution in [0.25, 0.3) is 22.0 Å². The summed E-state index contributed by atoms with van der Waals surface area (Å²) >= 11 is 0. The molecular formula is C22H29N5O2. The molecule has 0 unspecified atom stereocenters. The van der Waals surface area contributed by atoms with Gasteiger partial charge in [0.1, 0.15) is 5.60 Å². The molecule has 29 heavy (non-hydrogen) atoms. The van der Waals surface area contributed by atoms with Gasteiger partial charge in [-0.25, -0.2) is 4.79 Å². The van der Waals surface area contributed by atoms with E-state index in [4.69, 9.17) is 10.5 Å². The maximum absolute atomic E-state index is 12.0. The van der Waals surface area contributed by atoms with Crippen molar-refractivity contribution in [2.75, 3.05) is 31.2 Å². The Balaban J connectivity index is 1.56. The number of fused-ring (bicyclic) bond motifs is 1. The molecule has 2 aromatic carbocycles. The van der Waals surface area contributed by atoms with Crippen LogP contribution in [0.5, 0.6) is 0 Å². The highest BCUT2D eigenvalue weighted by Gasteiger charge is 2.19. The zero-order valence-electron chi connectivity index (χ0n) is 17.5. The molecule has 4 N–H and O–H groups in total. The predicted octanol–water partition coefficient (Wildman–Crippen LogP) is 4.48. The topological polar surface area (TPSA) is 96.3 Å². The lowest BCUT2D eigenvalue weighted by atomic mass is 10.0. The first-order valence-electron chi connectivity index (χ1n) is 9.75. The quantitative estimate of drug-likeness (QED) is 0.535. The number of nitrogens with one attached hydrogen (secondary N) is 2. The number of carbonyl (C=O) groups is 1. The van der Waals surface area contributed by atoms with Crippen molar-refractivity contribution in [3.63, 3.8) is 0 Å². The molecule has 0 saturated carbocycles. The summed E-state index contributed by atoms with van der Waals surface area (Å²) in [5.41, 5.74) is 9.58. The maximum Gasteiger partial charge on any atom is 0.410 e. The van der Waals surface area contributed by atoms with Crippen LogP contribution < -0.4 is 11.1 Å². The van der Waals surface area contributed by atoms with Gasteiger partial charge < -0.3 is 20.7 Å². The second-order valence-electron chi connectivity index (χ2n) is 8.13. The van der Waals surface area contributed by atoms with E-state index >= 15 is 0 Å². The Bertz CT molecular complexity index is 990. The summed E-state index contributed by atoms with van der Waals surface area (Å²) in [5.74, 6) is 0.505. The van der Waals surface area contributed by atoms with E-state index < -0.39 is 5.60 Å². The molecule has 3 aromatic rings. The predicted molar refractivity (Wildman–Crippen MR) is 118 cm³/mol. The highest BCUT2D eigenvalue weighted by molar-refractivity contribution is 5.92. The van der Waals surface area contributed by atoms with Crippen molar-refractivity contribution in [2.45, 2.75) is 32.8 Å². The van der Waals surface area contributed by atoms with Crippen LogP contribution in [-0.2, 0) is 4.74 Å². The molecule has 0 saturated heterocycles. The molecule has 0 spiro atoms. The number of nitrogen functional groups attached to an aromatic ring is 1. The Hall–Kier alpha value is -3.22. The van der Waals surface area contributed by atoms with E-state index in [2.05, 4.69) is 33.7 Å². The minimum absolute atomic E-state index is 0.298. The van der Waals surface area contributed by atoms with Crippen LogP contribution in [0.4, 0.5) is 16.3 Å². The fourth-order valence-electron chi connectivity index (χ4n) is 3.00. The fourth-order valence-corrected chi connectivity index (χ4v) is 3.00. The van der Waals surface area contributed by atoms with Crippen LogP contribution in [0.1, 0.15) is 27.2 Å². The number of hydrogen-bond donors (Lipinski definition) is 3. The molecule has 0 atom stereocenters. The molecule has 0 bridgehead atoms. The normalized spacial score (nSPS) is 11.4. The third kappa shape index (κ3) is 5.40. The van der Waals surface area contributed by atoms with Gasteiger partial charge in [0.15, 0.2) is 5.82 Å². The number of hydrogen-bond acceptors (Lipinski definition) is 5. The number of aromatic nitrogens is 2. The van der Waals surface area contributed by atoms with Crippen molar-refractivity contribution >= 4 is 28.5 Å². The molecule has 0 radical (unpaired) electrons. The average Bonchev–Trinajstić information content (AvgIpc) is 3.04. The van der Waals surface area contributed by atoms with E-state index in [1.807, 2.05) is 45.0 Å². The number of nitrogens with two attached hydrogens (primary N) is 1. The lowest BCUT2D eigenvalue weighted by molar-refractivity contribution is 0.0298. The first-order valence-corrected chi connectivity index (χ1v) is 9.75. The van der Waals surface area contributed by atoms with Crippen molar-refractivity contribution in [3.05, 3.63) is 42.5 Å². The highest BCUT2D eigenvalue weighted by Crippen LogP contribution is 2.27. The number of rotatable bonds is 6. The number of benzene rings is 2. The molecule has 0 aliphatic rings. The average molecular weight is 396 g/mol. The lowest BCUT2D eigenvalue weighted by Gasteiger charge is -2.24. The van der Waals surface area contributed by atoms with E-state index in [0.29, 0.717) is 12.4 Å². The Morgan fingerprint density at radius 1 is 1.21 bits per heavy atom. The Morgan fingerprint density at radius 3 is 2.72 bits per heavy atom. The van der Waals surface area contributed by atoms with Gasteiger partial charge in [0.25, 0.3) is 0 Å². The summed E-state index contributed by atoms with van der Waals surface area (Å²) in [6.07, 6.45) is 0.519. The number of anilines is 2. The number of amides is 1. The van der Waals surface area contributed by atoms with E-state index in [0.717, 1.165) is 40.7 Å². The summed E-state index contributed by atoms with van der Waals surface area (Å²) in [7, 11) is 1.76. The minimum atomic E-state index is -0.478. The molecule has 1 heterocycles. The molecule has 0 fully saturated rings. The number of carbonyl (C=O) groups excluding carboxylic acids is 1. The summed E-state index contributed by atoms with van der Waals surface area (Å²) in [4.78, 5) is 13.6. The number of nitrogens with zero attached hydrogens (tertiary/aromatic N) is 2. The number of aromatic amines is 1. The van der Waals surface area contributed by atoms with Gasteiger partial charge in [-0.3, -0.25) is 5.10 Å². The largest absolute Gasteiger partial charge is 0.444 e. The summed E-state index contributed by atoms with van der Waals surface area (Å²) in [6, 6.07) is 14.3. The van der Waals surface area contributed by atoms with Gasteiger partial charge in [-0.2, -0.15) is 5.10 Å². The van der Waals surface area contributed by atoms with Gasteiger partial charge in [0.05, 0.1) is 5.52 Å².